The number of halogens is 2. The van der Waals surface area contributed by atoms with Gasteiger partial charge in [-0.2, -0.15) is 0 Å². The molecule has 1 aliphatic rings. The highest BCUT2D eigenvalue weighted by Crippen LogP contribution is 2.43. The minimum atomic E-state index is -0.301. The summed E-state index contributed by atoms with van der Waals surface area (Å²) >= 11 is 3.36. The van der Waals surface area contributed by atoms with Gasteiger partial charge in [0.25, 0.3) is 0 Å². The molecule has 1 fully saturated rings. The summed E-state index contributed by atoms with van der Waals surface area (Å²) in [4.78, 5) is 4.64. The minimum absolute atomic E-state index is 0.301. The Kier molecular flexibility index (Phi) is 3.27. The molecular formula is C15H13BrFN3. The molecule has 5 heteroatoms. The Morgan fingerprint density at radius 2 is 2.25 bits per heavy atom. The molecule has 0 amide bonds. The Morgan fingerprint density at radius 1 is 1.50 bits per heavy atom. The zero-order valence-electron chi connectivity index (χ0n) is 10.7. The Bertz CT molecular complexity index is 711. The lowest BCUT2D eigenvalue weighted by Crippen LogP contribution is -2.05. The third-order valence-electron chi connectivity index (χ3n) is 3.41. The smallest absolute Gasteiger partial charge is 0.132 e. The van der Waals surface area contributed by atoms with Crippen LogP contribution in [0, 0.1) is 18.2 Å². The van der Waals surface area contributed by atoms with Crippen molar-refractivity contribution in [2.24, 2.45) is 0 Å². The monoisotopic (exact) mass is 333 g/mol. The van der Waals surface area contributed by atoms with Crippen LogP contribution >= 0.6 is 15.9 Å². The third-order valence-corrected chi connectivity index (χ3v) is 4.07. The Balaban J connectivity index is 2.14. The van der Waals surface area contributed by atoms with Crippen LogP contribution in [-0.4, -0.2) is 9.55 Å². The molecule has 2 aromatic rings. The van der Waals surface area contributed by atoms with Crippen molar-refractivity contribution in [3.8, 4) is 23.6 Å². The van der Waals surface area contributed by atoms with E-state index in [1.807, 2.05) is 4.57 Å². The van der Waals surface area contributed by atoms with E-state index in [9.17, 15) is 4.39 Å². The van der Waals surface area contributed by atoms with Crippen molar-refractivity contribution in [1.82, 2.24) is 9.55 Å². The van der Waals surface area contributed by atoms with E-state index < -0.39 is 0 Å². The summed E-state index contributed by atoms with van der Waals surface area (Å²) in [7, 11) is 0. The maximum atomic E-state index is 13.2. The number of terminal acetylenes is 1. The van der Waals surface area contributed by atoms with Crippen LogP contribution in [0.25, 0.3) is 11.3 Å². The van der Waals surface area contributed by atoms with Gasteiger partial charge in [-0.05, 0) is 47.0 Å². The molecule has 0 spiro atoms. The minimum Gasteiger partial charge on any atom is -0.383 e. The van der Waals surface area contributed by atoms with Crippen LogP contribution in [0.2, 0.25) is 0 Å². The summed E-state index contributed by atoms with van der Waals surface area (Å²) in [6.45, 7) is 0.406. The molecule has 0 atom stereocenters. The Labute approximate surface area is 125 Å². The van der Waals surface area contributed by atoms with E-state index >= 15 is 0 Å². The summed E-state index contributed by atoms with van der Waals surface area (Å²) in [6, 6.07) is 4.48. The van der Waals surface area contributed by atoms with Crippen molar-refractivity contribution in [2.45, 2.75) is 25.3 Å². The van der Waals surface area contributed by atoms with Gasteiger partial charge in [0.05, 0.1) is 6.54 Å². The largest absolute Gasteiger partial charge is 0.383 e. The Morgan fingerprint density at radius 3 is 2.85 bits per heavy atom. The highest BCUT2D eigenvalue weighted by molar-refractivity contribution is 9.10. The van der Waals surface area contributed by atoms with Gasteiger partial charge in [-0.1, -0.05) is 5.92 Å². The second kappa shape index (κ2) is 4.95. The predicted molar refractivity (Wildman–Crippen MR) is 80.5 cm³/mol. The highest BCUT2D eigenvalue weighted by Gasteiger charge is 2.31. The van der Waals surface area contributed by atoms with Gasteiger partial charge in [-0.25, -0.2) is 9.37 Å². The van der Waals surface area contributed by atoms with E-state index in [0.29, 0.717) is 28.4 Å². The van der Waals surface area contributed by atoms with Gasteiger partial charge in [0.2, 0.25) is 0 Å². The highest BCUT2D eigenvalue weighted by atomic mass is 79.9. The van der Waals surface area contributed by atoms with Crippen LogP contribution < -0.4 is 5.73 Å². The normalized spacial score (nSPS) is 14.2. The molecule has 3 rings (SSSR count). The standard InChI is InChI=1S/C15H13BrFN3/c1-2-7-20-14(18)13(19-15(20)9-3-4-9)11-6-5-10(17)8-12(11)16/h1,5-6,8-9H,3-4,7,18H2. The van der Waals surface area contributed by atoms with E-state index in [-0.39, 0.29) is 5.82 Å². The molecule has 1 heterocycles. The number of hydrogen-bond donors (Lipinski definition) is 1. The second-order valence-corrected chi connectivity index (χ2v) is 5.75. The zero-order valence-corrected chi connectivity index (χ0v) is 12.3. The number of nitrogens with zero attached hydrogens (tertiary/aromatic N) is 2. The second-order valence-electron chi connectivity index (χ2n) is 4.89. The van der Waals surface area contributed by atoms with Crippen LogP contribution in [0.5, 0.6) is 0 Å². The van der Waals surface area contributed by atoms with Gasteiger partial charge < -0.3 is 10.3 Å². The fourth-order valence-corrected chi connectivity index (χ4v) is 2.81. The summed E-state index contributed by atoms with van der Waals surface area (Å²) in [5.41, 5.74) is 7.63. The van der Waals surface area contributed by atoms with Crippen molar-refractivity contribution in [2.75, 3.05) is 5.73 Å². The van der Waals surface area contributed by atoms with Crippen molar-refractivity contribution in [3.05, 3.63) is 34.3 Å². The number of rotatable bonds is 3. The average molecular weight is 334 g/mol. The molecule has 0 aliphatic heterocycles. The fourth-order valence-electron chi connectivity index (χ4n) is 2.27. The predicted octanol–water partition coefficient (Wildman–Crippen LogP) is 3.54. The van der Waals surface area contributed by atoms with Crippen LogP contribution in [0.4, 0.5) is 10.2 Å². The number of nitrogens with two attached hydrogens (primary N) is 1. The van der Waals surface area contributed by atoms with Gasteiger partial charge in [0, 0.05) is 16.0 Å². The van der Waals surface area contributed by atoms with Gasteiger partial charge in [0.1, 0.15) is 23.2 Å². The number of nitrogen functional groups attached to an aromatic ring is 1. The molecule has 20 heavy (non-hydrogen) atoms. The maximum absolute atomic E-state index is 13.2. The van der Waals surface area contributed by atoms with Gasteiger partial charge in [-0.3, -0.25) is 0 Å². The zero-order chi connectivity index (χ0) is 14.3. The van der Waals surface area contributed by atoms with Crippen molar-refractivity contribution in [1.29, 1.82) is 0 Å². The molecule has 3 nitrogen and oxygen atoms in total. The molecule has 102 valence electrons. The lowest BCUT2D eigenvalue weighted by Gasteiger charge is -2.05. The van der Waals surface area contributed by atoms with Crippen LogP contribution in [0.3, 0.4) is 0 Å². The molecule has 1 saturated carbocycles. The van der Waals surface area contributed by atoms with E-state index in [1.165, 1.54) is 12.1 Å². The molecule has 1 aliphatic carbocycles. The third kappa shape index (κ3) is 2.20. The number of imidazole rings is 1. The fraction of sp³-hybridized carbons (Fsp3) is 0.267. The molecule has 0 radical (unpaired) electrons. The van der Waals surface area contributed by atoms with Gasteiger partial charge in [-0.15, -0.1) is 6.42 Å². The molecular weight excluding hydrogens is 321 g/mol. The molecule has 2 N–H and O–H groups in total. The van der Waals surface area contributed by atoms with Crippen LogP contribution in [0.15, 0.2) is 22.7 Å². The van der Waals surface area contributed by atoms with E-state index in [2.05, 4.69) is 26.8 Å². The first-order valence-corrected chi connectivity index (χ1v) is 7.16. The Hall–Kier alpha value is -1.80. The van der Waals surface area contributed by atoms with Crippen molar-refractivity contribution >= 4 is 21.7 Å². The number of anilines is 1. The van der Waals surface area contributed by atoms with E-state index in [1.54, 1.807) is 6.07 Å². The first kappa shape index (κ1) is 13.2. The van der Waals surface area contributed by atoms with Gasteiger partial charge >= 0.3 is 0 Å². The van der Waals surface area contributed by atoms with E-state index in [4.69, 9.17) is 12.2 Å². The lowest BCUT2D eigenvalue weighted by atomic mass is 10.1. The van der Waals surface area contributed by atoms with Crippen LogP contribution in [0.1, 0.15) is 24.6 Å². The molecule has 0 saturated heterocycles. The summed E-state index contributed by atoms with van der Waals surface area (Å²) < 4.78 is 15.7. The number of aromatic nitrogens is 2. The summed E-state index contributed by atoms with van der Waals surface area (Å²) in [6.07, 6.45) is 7.64. The summed E-state index contributed by atoms with van der Waals surface area (Å²) in [5.74, 6) is 4.23. The average Bonchev–Trinajstić information content (AvgIpc) is 3.19. The quantitative estimate of drug-likeness (QED) is 0.873. The van der Waals surface area contributed by atoms with E-state index in [0.717, 1.165) is 24.2 Å². The van der Waals surface area contributed by atoms with Crippen molar-refractivity contribution in [3.63, 3.8) is 0 Å². The first-order chi connectivity index (χ1) is 9.61. The summed E-state index contributed by atoms with van der Waals surface area (Å²) in [5, 5.41) is 0. The lowest BCUT2D eigenvalue weighted by molar-refractivity contribution is 0.627. The molecule has 1 aromatic heterocycles. The molecule has 0 bridgehead atoms. The SMILES string of the molecule is C#CCn1c(C2CC2)nc(-c2ccc(F)cc2Br)c1N. The van der Waals surface area contributed by atoms with Gasteiger partial charge in [0.15, 0.2) is 0 Å². The topological polar surface area (TPSA) is 43.8 Å². The molecule has 1 aromatic carbocycles. The number of benzene rings is 1. The molecule has 0 unspecified atom stereocenters. The van der Waals surface area contributed by atoms with Crippen LogP contribution in [-0.2, 0) is 6.54 Å². The number of hydrogen-bond acceptors (Lipinski definition) is 2. The maximum Gasteiger partial charge on any atom is 0.132 e. The van der Waals surface area contributed by atoms with Crippen molar-refractivity contribution < 1.29 is 4.39 Å². The first-order valence-electron chi connectivity index (χ1n) is 6.36.